The zero-order valence-corrected chi connectivity index (χ0v) is 14.2. The molecule has 2 amide bonds. The van der Waals surface area contributed by atoms with E-state index in [4.69, 9.17) is 0 Å². The summed E-state index contributed by atoms with van der Waals surface area (Å²) >= 11 is 1.76. The molecule has 0 heterocycles. The Labute approximate surface area is 140 Å². The fourth-order valence-electron chi connectivity index (χ4n) is 2.04. The molecule has 23 heavy (non-hydrogen) atoms. The molecule has 2 aromatic rings. The SMILES string of the molecule is CC(=O)Nc1cccc(NC(=O)c2ccc(SC(C)C)cc2)c1. The van der Waals surface area contributed by atoms with Crippen LogP contribution in [-0.2, 0) is 4.79 Å². The van der Waals surface area contributed by atoms with E-state index >= 15 is 0 Å². The van der Waals surface area contributed by atoms with Crippen LogP contribution >= 0.6 is 11.8 Å². The van der Waals surface area contributed by atoms with Crippen molar-refractivity contribution in [2.75, 3.05) is 10.6 Å². The summed E-state index contributed by atoms with van der Waals surface area (Å²) in [4.78, 5) is 24.5. The van der Waals surface area contributed by atoms with Crippen molar-refractivity contribution >= 4 is 35.0 Å². The highest BCUT2D eigenvalue weighted by atomic mass is 32.2. The number of carbonyl (C=O) groups is 2. The van der Waals surface area contributed by atoms with Crippen LogP contribution in [0.15, 0.2) is 53.4 Å². The van der Waals surface area contributed by atoms with Gasteiger partial charge in [-0.25, -0.2) is 0 Å². The van der Waals surface area contributed by atoms with Crippen molar-refractivity contribution < 1.29 is 9.59 Å². The monoisotopic (exact) mass is 328 g/mol. The lowest BCUT2D eigenvalue weighted by Crippen LogP contribution is -2.12. The van der Waals surface area contributed by atoms with Gasteiger partial charge in [-0.15, -0.1) is 11.8 Å². The molecule has 5 heteroatoms. The Balaban J connectivity index is 2.05. The molecule has 0 aromatic heterocycles. The molecular formula is C18H20N2O2S. The van der Waals surface area contributed by atoms with E-state index in [0.29, 0.717) is 22.2 Å². The van der Waals surface area contributed by atoms with Crippen LogP contribution in [0.4, 0.5) is 11.4 Å². The number of thioether (sulfide) groups is 1. The molecule has 0 unspecified atom stereocenters. The van der Waals surface area contributed by atoms with Crippen LogP contribution < -0.4 is 10.6 Å². The first-order valence-electron chi connectivity index (χ1n) is 7.40. The predicted octanol–water partition coefficient (Wildman–Crippen LogP) is 4.40. The van der Waals surface area contributed by atoms with Crippen molar-refractivity contribution in [3.63, 3.8) is 0 Å². The Morgan fingerprint density at radius 3 is 2.13 bits per heavy atom. The summed E-state index contributed by atoms with van der Waals surface area (Å²) < 4.78 is 0. The second kappa shape index (κ2) is 7.83. The van der Waals surface area contributed by atoms with Gasteiger partial charge in [-0.2, -0.15) is 0 Å². The molecule has 0 saturated heterocycles. The van der Waals surface area contributed by atoms with Crippen molar-refractivity contribution in [1.29, 1.82) is 0 Å². The summed E-state index contributed by atoms with van der Waals surface area (Å²) in [6.07, 6.45) is 0. The van der Waals surface area contributed by atoms with Gasteiger partial charge in [-0.3, -0.25) is 9.59 Å². The maximum absolute atomic E-state index is 12.3. The first kappa shape index (κ1) is 17.1. The van der Waals surface area contributed by atoms with Gasteiger partial charge >= 0.3 is 0 Å². The lowest BCUT2D eigenvalue weighted by atomic mass is 10.2. The maximum Gasteiger partial charge on any atom is 0.255 e. The third kappa shape index (κ3) is 5.45. The molecule has 0 saturated carbocycles. The fraction of sp³-hybridized carbons (Fsp3) is 0.222. The molecule has 0 spiro atoms. The molecule has 2 aromatic carbocycles. The van der Waals surface area contributed by atoms with Crippen LogP contribution in [0.3, 0.4) is 0 Å². The van der Waals surface area contributed by atoms with E-state index < -0.39 is 0 Å². The van der Waals surface area contributed by atoms with Crippen LogP contribution in [0, 0.1) is 0 Å². The number of amides is 2. The largest absolute Gasteiger partial charge is 0.326 e. The van der Waals surface area contributed by atoms with Gasteiger partial charge < -0.3 is 10.6 Å². The summed E-state index contributed by atoms with van der Waals surface area (Å²) in [6.45, 7) is 5.71. The first-order chi connectivity index (χ1) is 10.9. The van der Waals surface area contributed by atoms with Crippen LogP contribution in [0.1, 0.15) is 31.1 Å². The zero-order chi connectivity index (χ0) is 16.8. The highest BCUT2D eigenvalue weighted by Gasteiger charge is 2.07. The molecule has 0 aliphatic rings. The minimum atomic E-state index is -0.175. The number of rotatable bonds is 5. The lowest BCUT2D eigenvalue weighted by molar-refractivity contribution is -0.114. The summed E-state index contributed by atoms with van der Waals surface area (Å²) in [5, 5.41) is 6.03. The van der Waals surface area contributed by atoms with Gasteiger partial charge in [0.1, 0.15) is 0 Å². The summed E-state index contributed by atoms with van der Waals surface area (Å²) in [5.74, 6) is -0.321. The lowest BCUT2D eigenvalue weighted by Gasteiger charge is -2.09. The van der Waals surface area contributed by atoms with Crippen LogP contribution in [0.2, 0.25) is 0 Å². The minimum Gasteiger partial charge on any atom is -0.326 e. The fourth-order valence-corrected chi connectivity index (χ4v) is 2.88. The van der Waals surface area contributed by atoms with Crippen molar-refractivity contribution in [3.05, 3.63) is 54.1 Å². The molecule has 0 bridgehead atoms. The minimum absolute atomic E-state index is 0.147. The predicted molar refractivity (Wildman–Crippen MR) is 96.1 cm³/mol. The average Bonchev–Trinajstić information content (AvgIpc) is 2.47. The number of anilines is 2. The molecular weight excluding hydrogens is 308 g/mol. The normalized spacial score (nSPS) is 10.4. The van der Waals surface area contributed by atoms with E-state index in [-0.39, 0.29) is 11.8 Å². The average molecular weight is 328 g/mol. The van der Waals surface area contributed by atoms with Gasteiger partial charge in [0.15, 0.2) is 0 Å². The number of carbonyl (C=O) groups excluding carboxylic acids is 2. The van der Waals surface area contributed by atoms with Crippen LogP contribution in [0.5, 0.6) is 0 Å². The van der Waals surface area contributed by atoms with Crippen molar-refractivity contribution in [1.82, 2.24) is 0 Å². The standard InChI is InChI=1S/C18H20N2O2S/c1-12(2)23-17-9-7-14(8-10-17)18(22)20-16-6-4-5-15(11-16)19-13(3)21/h4-12H,1-3H3,(H,19,21)(H,20,22). The maximum atomic E-state index is 12.3. The van der Waals surface area contributed by atoms with Gasteiger partial charge in [0.25, 0.3) is 5.91 Å². The Hall–Kier alpha value is -2.27. The third-order valence-corrected chi connectivity index (χ3v) is 3.94. The summed E-state index contributed by atoms with van der Waals surface area (Å²) in [6, 6.07) is 14.6. The molecule has 2 rings (SSSR count). The molecule has 0 aliphatic heterocycles. The second-order valence-corrected chi connectivity index (χ2v) is 7.06. The Morgan fingerprint density at radius 1 is 0.957 bits per heavy atom. The van der Waals surface area contributed by atoms with Gasteiger partial charge in [0, 0.05) is 34.0 Å². The van der Waals surface area contributed by atoms with E-state index in [1.54, 1.807) is 36.0 Å². The van der Waals surface area contributed by atoms with E-state index in [9.17, 15) is 9.59 Å². The highest BCUT2D eigenvalue weighted by Crippen LogP contribution is 2.23. The zero-order valence-electron chi connectivity index (χ0n) is 13.4. The van der Waals surface area contributed by atoms with Gasteiger partial charge in [0.05, 0.1) is 0 Å². The van der Waals surface area contributed by atoms with Gasteiger partial charge in [-0.05, 0) is 42.5 Å². The Kier molecular flexibility index (Phi) is 5.82. The molecule has 120 valence electrons. The second-order valence-electron chi connectivity index (χ2n) is 5.41. The number of benzene rings is 2. The third-order valence-electron chi connectivity index (χ3n) is 2.93. The molecule has 0 atom stereocenters. The van der Waals surface area contributed by atoms with E-state index in [1.807, 2.05) is 24.3 Å². The molecule has 0 radical (unpaired) electrons. The van der Waals surface area contributed by atoms with Crippen molar-refractivity contribution in [2.24, 2.45) is 0 Å². The Morgan fingerprint density at radius 2 is 1.57 bits per heavy atom. The smallest absolute Gasteiger partial charge is 0.255 e. The number of hydrogen-bond donors (Lipinski definition) is 2. The van der Waals surface area contributed by atoms with E-state index in [1.165, 1.54) is 6.92 Å². The topological polar surface area (TPSA) is 58.2 Å². The molecule has 0 aliphatic carbocycles. The van der Waals surface area contributed by atoms with Crippen LogP contribution in [-0.4, -0.2) is 17.1 Å². The molecule has 0 fully saturated rings. The number of nitrogens with one attached hydrogen (secondary N) is 2. The van der Waals surface area contributed by atoms with E-state index in [2.05, 4.69) is 24.5 Å². The highest BCUT2D eigenvalue weighted by molar-refractivity contribution is 7.99. The molecule has 4 nitrogen and oxygen atoms in total. The number of hydrogen-bond acceptors (Lipinski definition) is 3. The summed E-state index contributed by atoms with van der Waals surface area (Å²) in [5.41, 5.74) is 1.89. The van der Waals surface area contributed by atoms with Crippen molar-refractivity contribution in [3.8, 4) is 0 Å². The quantitative estimate of drug-likeness (QED) is 0.800. The van der Waals surface area contributed by atoms with Crippen LogP contribution in [0.25, 0.3) is 0 Å². The van der Waals surface area contributed by atoms with E-state index in [0.717, 1.165) is 4.90 Å². The van der Waals surface area contributed by atoms with Crippen molar-refractivity contribution in [2.45, 2.75) is 30.9 Å². The Bertz CT molecular complexity index is 696. The first-order valence-corrected chi connectivity index (χ1v) is 8.28. The summed E-state index contributed by atoms with van der Waals surface area (Å²) in [7, 11) is 0. The molecule has 2 N–H and O–H groups in total. The van der Waals surface area contributed by atoms with Gasteiger partial charge in [-0.1, -0.05) is 19.9 Å². The van der Waals surface area contributed by atoms with Gasteiger partial charge in [0.2, 0.25) is 5.91 Å².